The maximum Gasteiger partial charge on any atom is 0.407 e. The Morgan fingerprint density at radius 2 is 1.72 bits per heavy atom. The monoisotopic (exact) mass is 774 g/mol. The SMILES string of the molecule is COC(=O)N[C@H](C(=O)NC(=O)[C@@H]1CCCN1c1cc(-c2ncc(-c3ccc4nc([C@@H]5CCCN5C(=O)[C@@H](c5ccccc5)N(C)C)[nH]c4c3)o2)ccc1C)C(C)C. The van der Waals surface area contributed by atoms with E-state index in [4.69, 9.17) is 9.40 Å². The lowest BCUT2D eigenvalue weighted by Crippen LogP contribution is -2.54. The van der Waals surface area contributed by atoms with Crippen molar-refractivity contribution in [2.75, 3.05) is 39.2 Å². The number of ether oxygens (including phenoxy) is 1. The molecule has 14 nitrogen and oxygen atoms in total. The minimum absolute atomic E-state index is 0.0618. The molecule has 7 rings (SSSR count). The van der Waals surface area contributed by atoms with Gasteiger partial charge in [-0.25, -0.2) is 14.8 Å². The number of likely N-dealkylation sites (tertiary alicyclic amines) is 1. The number of carbonyl (C=O) groups excluding carboxylic acids is 4. The number of anilines is 1. The van der Waals surface area contributed by atoms with Crippen molar-refractivity contribution in [3.63, 3.8) is 0 Å². The molecule has 3 N–H and O–H groups in total. The lowest BCUT2D eigenvalue weighted by atomic mass is 10.0. The minimum Gasteiger partial charge on any atom is -0.453 e. The van der Waals surface area contributed by atoms with E-state index in [1.54, 1.807) is 20.0 Å². The number of benzene rings is 3. The van der Waals surface area contributed by atoms with Gasteiger partial charge in [0.25, 0.3) is 0 Å². The summed E-state index contributed by atoms with van der Waals surface area (Å²) in [4.78, 5) is 71.4. The average Bonchev–Trinajstić information content (AvgIpc) is 4.03. The summed E-state index contributed by atoms with van der Waals surface area (Å²) in [5.74, 6) is 0.564. The summed E-state index contributed by atoms with van der Waals surface area (Å²) in [6.07, 6.45) is 4.02. The van der Waals surface area contributed by atoms with E-state index >= 15 is 0 Å². The number of fused-ring (bicyclic) bond motifs is 1. The van der Waals surface area contributed by atoms with Gasteiger partial charge in [-0.1, -0.05) is 50.2 Å². The quantitative estimate of drug-likeness (QED) is 0.142. The topological polar surface area (TPSA) is 166 Å². The molecule has 57 heavy (non-hydrogen) atoms. The molecule has 4 atom stereocenters. The van der Waals surface area contributed by atoms with E-state index in [0.717, 1.165) is 64.1 Å². The number of hydrogen-bond donors (Lipinski definition) is 3. The molecule has 2 aromatic heterocycles. The van der Waals surface area contributed by atoms with Crippen LogP contribution in [-0.4, -0.2) is 94.9 Å². The number of carbonyl (C=O) groups is 4. The van der Waals surface area contributed by atoms with Crippen LogP contribution in [0.25, 0.3) is 33.8 Å². The van der Waals surface area contributed by atoms with Crippen LogP contribution < -0.4 is 15.5 Å². The molecule has 4 heterocycles. The van der Waals surface area contributed by atoms with Crippen molar-refractivity contribution in [1.29, 1.82) is 0 Å². The molecule has 2 aliphatic rings. The number of amides is 4. The zero-order chi connectivity index (χ0) is 40.4. The molecular weight excluding hydrogens is 725 g/mol. The standard InChI is InChI=1S/C43H50N8O6/c1-25(2)36(47-43(55)56-6)40(53)48-39(52)33-15-11-20-50(33)34-23-29(17-16-26(34)3)41-44-24-35(57-41)28-18-19-30-31(22-28)46-38(45-30)32-14-10-21-51(32)42(54)37(49(4)5)27-12-8-7-9-13-27/h7-9,12-13,16-19,22-25,32-33,36-37H,10-11,14-15,20-21H2,1-6H3,(H,45,46)(H,47,55)(H,48,52,53)/t32-,33-,36-,37+/m0/s1. The third-order valence-corrected chi connectivity index (χ3v) is 11.0. The predicted octanol–water partition coefficient (Wildman–Crippen LogP) is 6.15. The zero-order valence-electron chi connectivity index (χ0n) is 33.2. The second-order valence-electron chi connectivity index (χ2n) is 15.4. The number of oxazole rings is 1. The van der Waals surface area contributed by atoms with E-state index < -0.39 is 30.0 Å². The molecule has 2 fully saturated rings. The fourth-order valence-corrected chi connectivity index (χ4v) is 8.03. The summed E-state index contributed by atoms with van der Waals surface area (Å²) in [5, 5.41) is 5.04. The number of nitrogens with one attached hydrogen (secondary N) is 3. The van der Waals surface area contributed by atoms with Crippen molar-refractivity contribution in [2.24, 2.45) is 5.92 Å². The maximum absolute atomic E-state index is 14.0. The Labute approximate surface area is 332 Å². The van der Waals surface area contributed by atoms with Crippen LogP contribution in [0.3, 0.4) is 0 Å². The van der Waals surface area contributed by atoms with Gasteiger partial charge in [0.05, 0.1) is 30.4 Å². The van der Waals surface area contributed by atoms with Crippen LogP contribution in [0.5, 0.6) is 0 Å². The van der Waals surface area contributed by atoms with Crippen molar-refractivity contribution < 1.29 is 28.3 Å². The van der Waals surface area contributed by atoms with Crippen molar-refractivity contribution in [3.05, 3.63) is 89.9 Å². The highest BCUT2D eigenvalue weighted by molar-refractivity contribution is 6.02. The van der Waals surface area contributed by atoms with Gasteiger partial charge >= 0.3 is 6.09 Å². The fraction of sp³-hybridized carbons (Fsp3) is 0.395. The van der Waals surface area contributed by atoms with Gasteiger partial charge in [0, 0.05) is 29.9 Å². The first-order valence-electron chi connectivity index (χ1n) is 19.5. The Morgan fingerprint density at radius 1 is 0.965 bits per heavy atom. The number of aromatic nitrogens is 3. The number of alkyl carbamates (subject to hydrolysis) is 1. The van der Waals surface area contributed by atoms with Gasteiger partial charge < -0.3 is 29.3 Å². The number of hydrogen-bond acceptors (Lipinski definition) is 10. The molecule has 0 saturated carbocycles. The summed E-state index contributed by atoms with van der Waals surface area (Å²) in [5.41, 5.74) is 5.97. The van der Waals surface area contributed by atoms with Crippen LogP contribution in [0.1, 0.15) is 68.6 Å². The lowest BCUT2D eigenvalue weighted by molar-refractivity contribution is -0.137. The fourth-order valence-electron chi connectivity index (χ4n) is 8.03. The lowest BCUT2D eigenvalue weighted by Gasteiger charge is -2.31. The largest absolute Gasteiger partial charge is 0.453 e. The van der Waals surface area contributed by atoms with E-state index in [2.05, 4.69) is 25.3 Å². The van der Waals surface area contributed by atoms with Crippen LogP contribution >= 0.6 is 0 Å². The van der Waals surface area contributed by atoms with Gasteiger partial charge in [0.15, 0.2) is 5.76 Å². The molecule has 298 valence electrons. The third-order valence-electron chi connectivity index (χ3n) is 11.0. The van der Waals surface area contributed by atoms with Gasteiger partial charge in [-0.2, -0.15) is 0 Å². The Bertz CT molecular complexity index is 2270. The van der Waals surface area contributed by atoms with Crippen molar-refractivity contribution >= 4 is 40.5 Å². The molecule has 0 aliphatic carbocycles. The Kier molecular flexibility index (Phi) is 11.4. The number of H-pyrrole nitrogens is 1. The number of nitrogens with zero attached hydrogens (tertiary/aromatic N) is 5. The van der Waals surface area contributed by atoms with Crippen LogP contribution in [0, 0.1) is 12.8 Å². The molecule has 0 unspecified atom stereocenters. The summed E-state index contributed by atoms with van der Waals surface area (Å²) < 4.78 is 11.0. The second-order valence-corrected chi connectivity index (χ2v) is 15.4. The van der Waals surface area contributed by atoms with Gasteiger partial charge in [0.2, 0.25) is 23.6 Å². The van der Waals surface area contributed by atoms with E-state index in [1.807, 2.05) is 102 Å². The Balaban J connectivity index is 1.07. The first-order chi connectivity index (χ1) is 27.4. The van der Waals surface area contributed by atoms with E-state index in [-0.39, 0.29) is 23.9 Å². The Hall–Kier alpha value is -6.02. The number of likely N-dealkylation sites (N-methyl/N-ethyl adjacent to an activating group) is 1. The average molecular weight is 775 g/mol. The van der Waals surface area contributed by atoms with Crippen molar-refractivity contribution in [1.82, 2.24) is 35.4 Å². The highest BCUT2D eigenvalue weighted by Gasteiger charge is 2.38. The molecule has 0 bridgehead atoms. The van der Waals surface area contributed by atoms with Crippen molar-refractivity contribution in [2.45, 2.75) is 70.6 Å². The number of rotatable bonds is 11. The smallest absolute Gasteiger partial charge is 0.407 e. The number of aryl methyl sites for hydroxylation is 1. The highest BCUT2D eigenvalue weighted by atomic mass is 16.5. The van der Waals surface area contributed by atoms with Crippen molar-refractivity contribution in [3.8, 4) is 22.8 Å². The van der Waals surface area contributed by atoms with Gasteiger partial charge in [-0.15, -0.1) is 0 Å². The normalized spacial score (nSPS) is 18.0. The van der Waals surface area contributed by atoms with Crippen LogP contribution in [0.2, 0.25) is 0 Å². The summed E-state index contributed by atoms with van der Waals surface area (Å²) >= 11 is 0. The third kappa shape index (κ3) is 8.13. The first kappa shape index (κ1) is 39.2. The summed E-state index contributed by atoms with van der Waals surface area (Å²) in [7, 11) is 5.09. The molecule has 4 amide bonds. The number of aromatic amines is 1. The molecule has 3 aromatic carbocycles. The van der Waals surface area contributed by atoms with Gasteiger partial charge in [0.1, 0.15) is 23.9 Å². The minimum atomic E-state index is -0.925. The number of imide groups is 1. The number of imidazole rings is 1. The summed E-state index contributed by atoms with van der Waals surface area (Å²) in [6.45, 7) is 6.84. The number of methoxy groups -OCH3 is 1. The Morgan fingerprint density at radius 3 is 2.46 bits per heavy atom. The maximum atomic E-state index is 14.0. The second kappa shape index (κ2) is 16.6. The van der Waals surface area contributed by atoms with Crippen LogP contribution in [0.15, 0.2) is 77.3 Å². The first-order valence-corrected chi connectivity index (χ1v) is 19.5. The molecule has 0 radical (unpaired) electrons. The highest BCUT2D eigenvalue weighted by Crippen LogP contribution is 2.37. The van der Waals surface area contributed by atoms with E-state index in [1.165, 1.54) is 7.11 Å². The predicted molar refractivity (Wildman–Crippen MR) is 216 cm³/mol. The molecule has 14 heteroatoms. The van der Waals surface area contributed by atoms with Crippen LogP contribution in [0.4, 0.5) is 10.5 Å². The van der Waals surface area contributed by atoms with Gasteiger partial charge in [-0.3, -0.25) is 24.6 Å². The van der Waals surface area contributed by atoms with Crippen LogP contribution in [-0.2, 0) is 19.1 Å². The molecule has 0 spiro atoms. The van der Waals surface area contributed by atoms with E-state index in [9.17, 15) is 19.2 Å². The van der Waals surface area contributed by atoms with E-state index in [0.29, 0.717) is 31.2 Å². The molecule has 5 aromatic rings. The molecular formula is C43H50N8O6. The van der Waals surface area contributed by atoms with Gasteiger partial charge in [-0.05, 0) is 94.1 Å². The molecule has 2 saturated heterocycles. The molecule has 2 aliphatic heterocycles. The summed E-state index contributed by atoms with van der Waals surface area (Å²) in [6, 6.07) is 19.6. The zero-order valence-corrected chi connectivity index (χ0v) is 33.2.